The van der Waals surface area contributed by atoms with Gasteiger partial charge in [0.1, 0.15) is 11.6 Å². The van der Waals surface area contributed by atoms with Crippen LogP contribution in [0.2, 0.25) is 0 Å². The van der Waals surface area contributed by atoms with E-state index in [0.717, 1.165) is 33.0 Å². The molecule has 0 saturated heterocycles. The third-order valence-corrected chi connectivity index (χ3v) is 5.56. The van der Waals surface area contributed by atoms with Gasteiger partial charge in [0.15, 0.2) is 0 Å². The Hall–Kier alpha value is -2.66. The molecule has 0 fully saturated rings. The van der Waals surface area contributed by atoms with Crippen LogP contribution in [0.5, 0.6) is 5.75 Å². The molecule has 3 nitrogen and oxygen atoms in total. The number of hydrogen-bond acceptors (Lipinski definition) is 3. The number of ether oxygens (including phenoxy) is 1. The molecule has 3 aromatic rings. The van der Waals surface area contributed by atoms with Gasteiger partial charge in [-0.25, -0.2) is 4.39 Å². The SMILES string of the molecule is COc1ccccc1[C@H]1CC(=O)Nc2c(-c3ccc(F)cc3)csc21. The Labute approximate surface area is 149 Å². The van der Waals surface area contributed by atoms with Gasteiger partial charge in [-0.3, -0.25) is 4.79 Å². The summed E-state index contributed by atoms with van der Waals surface area (Å²) in [4.78, 5) is 13.4. The van der Waals surface area contributed by atoms with Crippen LogP contribution in [0.15, 0.2) is 53.9 Å². The predicted molar refractivity (Wildman–Crippen MR) is 97.8 cm³/mol. The molecule has 0 saturated carbocycles. The maximum atomic E-state index is 13.2. The lowest BCUT2D eigenvalue weighted by Crippen LogP contribution is -2.22. The van der Waals surface area contributed by atoms with Gasteiger partial charge < -0.3 is 10.1 Å². The molecule has 2 heterocycles. The number of methoxy groups -OCH3 is 1. The molecule has 1 aliphatic heterocycles. The summed E-state index contributed by atoms with van der Waals surface area (Å²) in [6, 6.07) is 14.1. The van der Waals surface area contributed by atoms with Crippen LogP contribution < -0.4 is 10.1 Å². The molecule has 2 aromatic carbocycles. The normalized spacial score (nSPS) is 16.2. The Morgan fingerprint density at radius 2 is 1.92 bits per heavy atom. The van der Waals surface area contributed by atoms with E-state index in [2.05, 4.69) is 5.32 Å². The highest BCUT2D eigenvalue weighted by Gasteiger charge is 2.31. The Bertz CT molecular complexity index is 933. The van der Waals surface area contributed by atoms with Crippen LogP contribution in [0, 0.1) is 5.82 Å². The van der Waals surface area contributed by atoms with Crippen molar-refractivity contribution in [2.75, 3.05) is 12.4 Å². The van der Waals surface area contributed by atoms with Crippen molar-refractivity contribution in [3.8, 4) is 16.9 Å². The fraction of sp³-hybridized carbons (Fsp3) is 0.150. The molecule has 5 heteroatoms. The van der Waals surface area contributed by atoms with Crippen molar-refractivity contribution in [1.82, 2.24) is 0 Å². The lowest BCUT2D eigenvalue weighted by molar-refractivity contribution is -0.116. The molecule has 1 aromatic heterocycles. The number of amides is 1. The average molecular weight is 353 g/mol. The Morgan fingerprint density at radius 1 is 1.16 bits per heavy atom. The maximum absolute atomic E-state index is 13.2. The molecule has 0 radical (unpaired) electrons. The van der Waals surface area contributed by atoms with Crippen molar-refractivity contribution in [2.45, 2.75) is 12.3 Å². The Morgan fingerprint density at radius 3 is 2.68 bits per heavy atom. The summed E-state index contributed by atoms with van der Waals surface area (Å²) in [6.07, 6.45) is 0.386. The van der Waals surface area contributed by atoms with Crippen LogP contribution in [-0.2, 0) is 4.79 Å². The van der Waals surface area contributed by atoms with Crippen LogP contribution in [-0.4, -0.2) is 13.0 Å². The fourth-order valence-electron chi connectivity index (χ4n) is 3.27. The molecule has 1 amide bonds. The smallest absolute Gasteiger partial charge is 0.225 e. The summed E-state index contributed by atoms with van der Waals surface area (Å²) >= 11 is 1.61. The number of fused-ring (bicyclic) bond motifs is 1. The maximum Gasteiger partial charge on any atom is 0.225 e. The van der Waals surface area contributed by atoms with Crippen LogP contribution >= 0.6 is 11.3 Å². The van der Waals surface area contributed by atoms with Crippen molar-refractivity contribution >= 4 is 22.9 Å². The van der Waals surface area contributed by atoms with E-state index >= 15 is 0 Å². The summed E-state index contributed by atoms with van der Waals surface area (Å²) in [5, 5.41) is 5.02. The number of thiophene rings is 1. The molecule has 4 rings (SSSR count). The number of hydrogen-bond donors (Lipinski definition) is 1. The first kappa shape index (κ1) is 15.8. The second-order valence-electron chi connectivity index (χ2n) is 5.94. The minimum atomic E-state index is -0.274. The van der Waals surface area contributed by atoms with Crippen molar-refractivity contribution in [3.63, 3.8) is 0 Å². The number of para-hydroxylation sites is 1. The van der Waals surface area contributed by atoms with Crippen LogP contribution in [0.1, 0.15) is 22.8 Å². The highest BCUT2D eigenvalue weighted by atomic mass is 32.1. The summed E-state index contributed by atoms with van der Waals surface area (Å²) < 4.78 is 18.7. The van der Waals surface area contributed by atoms with Crippen LogP contribution in [0.3, 0.4) is 0 Å². The summed E-state index contributed by atoms with van der Waals surface area (Å²) in [7, 11) is 1.64. The molecule has 0 unspecified atom stereocenters. The van der Waals surface area contributed by atoms with Gasteiger partial charge in [0, 0.05) is 33.7 Å². The predicted octanol–water partition coefficient (Wildman–Crippen LogP) is 5.04. The first-order valence-corrected chi connectivity index (χ1v) is 8.85. The van der Waals surface area contributed by atoms with Gasteiger partial charge in [0.25, 0.3) is 0 Å². The number of carbonyl (C=O) groups excluding carboxylic acids is 1. The largest absolute Gasteiger partial charge is 0.496 e. The van der Waals surface area contributed by atoms with E-state index in [9.17, 15) is 9.18 Å². The quantitative estimate of drug-likeness (QED) is 0.717. The van der Waals surface area contributed by atoms with Gasteiger partial charge >= 0.3 is 0 Å². The third-order valence-electron chi connectivity index (χ3n) is 4.46. The molecular formula is C20H16FNO2S. The Balaban J connectivity index is 1.83. The zero-order valence-electron chi connectivity index (χ0n) is 13.6. The topological polar surface area (TPSA) is 38.3 Å². The second kappa shape index (κ2) is 6.33. The highest BCUT2D eigenvalue weighted by molar-refractivity contribution is 7.11. The van der Waals surface area contributed by atoms with Gasteiger partial charge in [-0.1, -0.05) is 30.3 Å². The van der Waals surface area contributed by atoms with Gasteiger partial charge in [-0.05, 0) is 23.8 Å². The molecule has 25 heavy (non-hydrogen) atoms. The summed E-state index contributed by atoms with van der Waals surface area (Å²) in [5.74, 6) is 0.443. The molecule has 0 bridgehead atoms. The zero-order valence-corrected chi connectivity index (χ0v) is 14.4. The van der Waals surface area contributed by atoms with Gasteiger partial charge in [0.2, 0.25) is 5.91 Å². The average Bonchev–Trinajstić information content (AvgIpc) is 3.05. The zero-order chi connectivity index (χ0) is 17.4. The fourth-order valence-corrected chi connectivity index (χ4v) is 4.43. The van der Waals surface area contributed by atoms with E-state index in [1.54, 1.807) is 30.6 Å². The number of carbonyl (C=O) groups is 1. The number of rotatable bonds is 3. The van der Waals surface area contributed by atoms with E-state index in [1.165, 1.54) is 12.1 Å². The summed E-state index contributed by atoms with van der Waals surface area (Å²) in [5.41, 5.74) is 3.64. The monoisotopic (exact) mass is 353 g/mol. The summed E-state index contributed by atoms with van der Waals surface area (Å²) in [6.45, 7) is 0. The molecule has 0 aliphatic carbocycles. The highest BCUT2D eigenvalue weighted by Crippen LogP contribution is 2.48. The van der Waals surface area contributed by atoms with Crippen molar-refractivity contribution < 1.29 is 13.9 Å². The minimum Gasteiger partial charge on any atom is -0.496 e. The molecule has 1 N–H and O–H groups in total. The van der Waals surface area contributed by atoms with Gasteiger partial charge in [0.05, 0.1) is 12.8 Å². The lowest BCUT2D eigenvalue weighted by atomic mass is 9.88. The lowest BCUT2D eigenvalue weighted by Gasteiger charge is -2.25. The number of benzene rings is 2. The van der Waals surface area contributed by atoms with Crippen molar-refractivity contribution in [1.29, 1.82) is 0 Å². The molecule has 1 aliphatic rings. The van der Waals surface area contributed by atoms with E-state index in [0.29, 0.717) is 6.42 Å². The molecule has 1 atom stereocenters. The Kier molecular flexibility index (Phi) is 4.01. The number of anilines is 1. The standard InChI is InChI=1S/C20H16FNO2S/c1-24-17-5-3-2-4-14(17)15-10-18(23)22-19-16(11-25-20(15)19)12-6-8-13(21)9-7-12/h2-9,11,15H,10H2,1H3,(H,22,23)/t15-/m1/s1. The number of nitrogens with one attached hydrogen (secondary N) is 1. The van der Waals surface area contributed by atoms with E-state index in [-0.39, 0.29) is 17.6 Å². The van der Waals surface area contributed by atoms with Gasteiger partial charge in [-0.2, -0.15) is 0 Å². The third kappa shape index (κ3) is 2.81. The van der Waals surface area contributed by atoms with Crippen LogP contribution in [0.25, 0.3) is 11.1 Å². The first-order chi connectivity index (χ1) is 12.2. The van der Waals surface area contributed by atoms with Crippen molar-refractivity contribution in [2.24, 2.45) is 0 Å². The second-order valence-corrected chi connectivity index (χ2v) is 6.85. The first-order valence-electron chi connectivity index (χ1n) is 7.97. The molecule has 0 spiro atoms. The minimum absolute atomic E-state index is 0.0230. The molecule has 126 valence electrons. The van der Waals surface area contributed by atoms with Crippen molar-refractivity contribution in [3.05, 3.63) is 70.2 Å². The van der Waals surface area contributed by atoms with Crippen LogP contribution in [0.4, 0.5) is 10.1 Å². The molecular weight excluding hydrogens is 337 g/mol. The van der Waals surface area contributed by atoms with E-state index in [4.69, 9.17) is 4.74 Å². The van der Waals surface area contributed by atoms with Gasteiger partial charge in [-0.15, -0.1) is 11.3 Å². The van der Waals surface area contributed by atoms with E-state index < -0.39 is 0 Å². The number of halogens is 1. The van der Waals surface area contributed by atoms with E-state index in [1.807, 2.05) is 29.6 Å².